The lowest BCUT2D eigenvalue weighted by Crippen LogP contribution is -1.79. The molecule has 2 aromatic rings. The van der Waals surface area contributed by atoms with Gasteiger partial charge < -0.3 is 15.3 Å². The number of para-hydroxylation sites is 1. The van der Waals surface area contributed by atoms with E-state index in [0.717, 1.165) is 17.5 Å². The van der Waals surface area contributed by atoms with E-state index in [1.807, 2.05) is 18.2 Å². The van der Waals surface area contributed by atoms with Crippen molar-refractivity contribution >= 4 is 0 Å². The molecule has 3 heteroatoms. The summed E-state index contributed by atoms with van der Waals surface area (Å²) in [5.41, 5.74) is 1.87. The summed E-state index contributed by atoms with van der Waals surface area (Å²) in [6.45, 7) is 7.15. The molecule has 110 valence electrons. The fraction of sp³-hybridized carbons (Fsp3) is 0.111. The van der Waals surface area contributed by atoms with Crippen molar-refractivity contribution < 1.29 is 15.3 Å². The van der Waals surface area contributed by atoms with Crippen LogP contribution >= 0.6 is 0 Å². The van der Waals surface area contributed by atoms with Gasteiger partial charge in [0.25, 0.3) is 0 Å². The van der Waals surface area contributed by atoms with Gasteiger partial charge in [-0.05, 0) is 42.2 Å². The Morgan fingerprint density at radius 2 is 1.43 bits per heavy atom. The molecular formula is C18H20O3. The number of phenols is 3. The number of phenolic OH excluding ortho intramolecular Hbond substituents is 3. The van der Waals surface area contributed by atoms with Crippen LogP contribution in [0.3, 0.4) is 0 Å². The lowest BCUT2D eigenvalue weighted by molar-refractivity contribution is 0.403. The summed E-state index contributed by atoms with van der Waals surface area (Å²) < 4.78 is 0. The summed E-state index contributed by atoms with van der Waals surface area (Å²) in [6.07, 6.45) is 4.95. The molecule has 3 nitrogen and oxygen atoms in total. The van der Waals surface area contributed by atoms with Crippen molar-refractivity contribution in [1.82, 2.24) is 0 Å². The van der Waals surface area contributed by atoms with Gasteiger partial charge in [-0.2, -0.15) is 0 Å². The predicted molar refractivity (Wildman–Crippen MR) is 85.7 cm³/mol. The molecule has 3 N–H and O–H groups in total. The van der Waals surface area contributed by atoms with Crippen LogP contribution in [0.2, 0.25) is 0 Å². The molecule has 21 heavy (non-hydrogen) atoms. The first-order valence-electron chi connectivity index (χ1n) is 6.58. The highest BCUT2D eigenvalue weighted by atomic mass is 16.3. The Labute approximate surface area is 125 Å². The smallest absolute Gasteiger partial charge is 0.157 e. The van der Waals surface area contributed by atoms with Gasteiger partial charge in [0.15, 0.2) is 11.5 Å². The summed E-state index contributed by atoms with van der Waals surface area (Å²) in [7, 11) is 0. The summed E-state index contributed by atoms with van der Waals surface area (Å²) in [5, 5.41) is 27.2. The zero-order valence-electron chi connectivity index (χ0n) is 11.9. The van der Waals surface area contributed by atoms with E-state index in [4.69, 9.17) is 10.2 Å². The molecule has 0 amide bonds. The van der Waals surface area contributed by atoms with Gasteiger partial charge in [0.05, 0.1) is 0 Å². The fourth-order valence-electron chi connectivity index (χ4n) is 1.70. The molecule has 0 atom stereocenters. The monoisotopic (exact) mass is 284 g/mol. The lowest BCUT2D eigenvalue weighted by Gasteiger charge is -1.99. The third-order valence-electron chi connectivity index (χ3n) is 2.78. The van der Waals surface area contributed by atoms with Gasteiger partial charge in [0.1, 0.15) is 5.75 Å². The van der Waals surface area contributed by atoms with E-state index in [2.05, 4.69) is 13.2 Å². The zero-order valence-corrected chi connectivity index (χ0v) is 11.9. The maximum atomic E-state index is 9.19. The molecule has 0 radical (unpaired) electrons. The first kappa shape index (κ1) is 16.4. The van der Waals surface area contributed by atoms with Crippen molar-refractivity contribution in [3.63, 3.8) is 0 Å². The van der Waals surface area contributed by atoms with Gasteiger partial charge in [-0.3, -0.25) is 0 Å². The van der Waals surface area contributed by atoms with Crippen LogP contribution in [0.4, 0.5) is 0 Å². The predicted octanol–water partition coefficient (Wildman–Crippen LogP) is 3.95. The SMILES string of the molecule is C=CCc1ccc(O)c(O)c1.C=CCc1ccccc1O. The first-order valence-corrected chi connectivity index (χ1v) is 6.58. The standard InChI is InChI=1S/C9H10O2.C9H10O/c1-2-3-7-4-5-8(10)9(11)6-7;1-2-5-8-6-3-4-7-9(8)10/h2,4-6,10-11H,1,3H2;2-4,6-7,10H,1,5H2. The molecular weight excluding hydrogens is 264 g/mol. The van der Waals surface area contributed by atoms with Gasteiger partial charge in [0, 0.05) is 0 Å². The van der Waals surface area contributed by atoms with Crippen molar-refractivity contribution in [3.8, 4) is 17.2 Å². The number of benzene rings is 2. The Morgan fingerprint density at radius 3 is 2.00 bits per heavy atom. The number of hydrogen-bond acceptors (Lipinski definition) is 3. The molecule has 0 unspecified atom stereocenters. The second-order valence-corrected chi connectivity index (χ2v) is 4.44. The van der Waals surface area contributed by atoms with Crippen molar-refractivity contribution in [2.24, 2.45) is 0 Å². The summed E-state index contributed by atoms with van der Waals surface area (Å²) in [5.74, 6) is 0.185. The Morgan fingerprint density at radius 1 is 0.762 bits per heavy atom. The van der Waals surface area contributed by atoms with Gasteiger partial charge in [0.2, 0.25) is 0 Å². The molecule has 0 fully saturated rings. The van der Waals surface area contributed by atoms with Crippen molar-refractivity contribution in [1.29, 1.82) is 0 Å². The minimum Gasteiger partial charge on any atom is -0.508 e. The highest BCUT2D eigenvalue weighted by molar-refractivity contribution is 5.40. The van der Waals surface area contributed by atoms with Crippen LogP contribution in [0.15, 0.2) is 67.8 Å². The maximum Gasteiger partial charge on any atom is 0.157 e. The average Bonchev–Trinajstić information content (AvgIpc) is 2.47. The highest BCUT2D eigenvalue weighted by Crippen LogP contribution is 2.24. The van der Waals surface area contributed by atoms with E-state index in [0.29, 0.717) is 12.2 Å². The van der Waals surface area contributed by atoms with Crippen LogP contribution < -0.4 is 0 Å². The van der Waals surface area contributed by atoms with E-state index in [9.17, 15) is 5.11 Å². The summed E-state index contributed by atoms with van der Waals surface area (Å²) >= 11 is 0. The Kier molecular flexibility index (Phi) is 6.61. The molecule has 0 saturated heterocycles. The number of hydrogen-bond donors (Lipinski definition) is 3. The molecule has 0 aliphatic carbocycles. The zero-order chi connectivity index (χ0) is 15.7. The average molecular weight is 284 g/mol. The molecule has 0 heterocycles. The fourth-order valence-corrected chi connectivity index (χ4v) is 1.70. The quantitative estimate of drug-likeness (QED) is 0.588. The minimum absolute atomic E-state index is 0.0793. The molecule has 0 saturated carbocycles. The Balaban J connectivity index is 0.000000211. The van der Waals surface area contributed by atoms with Crippen LogP contribution in [0.1, 0.15) is 11.1 Å². The third-order valence-corrected chi connectivity index (χ3v) is 2.78. The van der Waals surface area contributed by atoms with Crippen LogP contribution in [-0.2, 0) is 12.8 Å². The second-order valence-electron chi connectivity index (χ2n) is 4.44. The topological polar surface area (TPSA) is 60.7 Å². The van der Waals surface area contributed by atoms with Crippen molar-refractivity contribution in [2.45, 2.75) is 12.8 Å². The van der Waals surface area contributed by atoms with Crippen molar-refractivity contribution in [3.05, 3.63) is 78.9 Å². The van der Waals surface area contributed by atoms with Gasteiger partial charge in [-0.25, -0.2) is 0 Å². The third kappa shape index (κ3) is 5.45. The largest absolute Gasteiger partial charge is 0.508 e. The molecule has 0 aliphatic heterocycles. The van der Waals surface area contributed by atoms with E-state index in [1.54, 1.807) is 24.3 Å². The molecule has 0 spiro atoms. The number of aromatic hydroxyl groups is 3. The summed E-state index contributed by atoms with van der Waals surface area (Å²) in [6, 6.07) is 12.0. The summed E-state index contributed by atoms with van der Waals surface area (Å²) in [4.78, 5) is 0. The normalized spacial score (nSPS) is 9.33. The molecule has 0 aromatic heterocycles. The van der Waals surface area contributed by atoms with Gasteiger partial charge >= 0.3 is 0 Å². The van der Waals surface area contributed by atoms with Crippen LogP contribution in [0.25, 0.3) is 0 Å². The number of rotatable bonds is 4. The van der Waals surface area contributed by atoms with Gasteiger partial charge in [-0.1, -0.05) is 36.4 Å². The first-order chi connectivity index (χ1) is 10.1. The second kappa shape index (κ2) is 8.48. The molecule has 2 rings (SSSR count). The Bertz CT molecular complexity index is 603. The van der Waals surface area contributed by atoms with Gasteiger partial charge in [-0.15, -0.1) is 13.2 Å². The molecule has 0 bridgehead atoms. The minimum atomic E-state index is -0.0854. The molecule has 2 aromatic carbocycles. The number of allylic oxidation sites excluding steroid dienone is 2. The maximum absolute atomic E-state index is 9.19. The highest BCUT2D eigenvalue weighted by Gasteiger charge is 1.97. The van der Waals surface area contributed by atoms with E-state index < -0.39 is 0 Å². The van der Waals surface area contributed by atoms with E-state index >= 15 is 0 Å². The van der Waals surface area contributed by atoms with Crippen molar-refractivity contribution in [2.75, 3.05) is 0 Å². The van der Waals surface area contributed by atoms with Crippen LogP contribution in [0.5, 0.6) is 17.2 Å². The van der Waals surface area contributed by atoms with E-state index in [1.165, 1.54) is 12.1 Å². The van der Waals surface area contributed by atoms with E-state index in [-0.39, 0.29) is 11.5 Å². The van der Waals surface area contributed by atoms with Crippen LogP contribution in [-0.4, -0.2) is 15.3 Å². The Hall–Kier alpha value is -2.68. The van der Waals surface area contributed by atoms with Crippen LogP contribution in [0, 0.1) is 0 Å². The lowest BCUT2D eigenvalue weighted by atomic mass is 10.1. The molecule has 0 aliphatic rings.